The maximum absolute atomic E-state index is 11.8. The first kappa shape index (κ1) is 15.8. The van der Waals surface area contributed by atoms with Gasteiger partial charge in [0.15, 0.2) is 0 Å². The summed E-state index contributed by atoms with van der Waals surface area (Å²) in [6, 6.07) is -0.377. The van der Waals surface area contributed by atoms with Gasteiger partial charge < -0.3 is 15.7 Å². The number of urea groups is 1. The minimum atomic E-state index is -1.18. The van der Waals surface area contributed by atoms with E-state index in [-0.39, 0.29) is 6.03 Å². The number of aliphatic carboxylic acids is 1. The fraction of sp³-hybridized carbons (Fsp3) is 0.857. The average molecular weight is 270 g/mol. The largest absolute Gasteiger partial charge is 0.480 e. The molecule has 0 saturated heterocycles. The molecule has 0 aromatic carbocycles. The van der Waals surface area contributed by atoms with Crippen molar-refractivity contribution in [2.24, 2.45) is 11.8 Å². The van der Waals surface area contributed by atoms with Gasteiger partial charge in [0.25, 0.3) is 0 Å². The summed E-state index contributed by atoms with van der Waals surface area (Å²) in [4.78, 5) is 23.0. The monoisotopic (exact) mass is 270 g/mol. The van der Waals surface area contributed by atoms with Crippen LogP contribution in [0.15, 0.2) is 0 Å². The Balaban J connectivity index is 2.38. The van der Waals surface area contributed by atoms with E-state index < -0.39 is 11.5 Å². The van der Waals surface area contributed by atoms with E-state index in [1.807, 2.05) is 6.92 Å². The molecule has 110 valence electrons. The Kier molecular flexibility index (Phi) is 5.63. The third kappa shape index (κ3) is 4.73. The molecule has 0 bridgehead atoms. The zero-order valence-electron chi connectivity index (χ0n) is 12.2. The van der Waals surface area contributed by atoms with Crippen molar-refractivity contribution < 1.29 is 14.7 Å². The van der Waals surface area contributed by atoms with E-state index in [2.05, 4.69) is 17.6 Å². The number of carbonyl (C=O) groups excluding carboxylic acids is 1. The van der Waals surface area contributed by atoms with Crippen molar-refractivity contribution in [2.45, 2.75) is 58.4 Å². The minimum Gasteiger partial charge on any atom is -0.480 e. The van der Waals surface area contributed by atoms with E-state index in [1.165, 1.54) is 6.42 Å². The molecule has 3 N–H and O–H groups in total. The Hall–Kier alpha value is -1.26. The number of hydrogen-bond donors (Lipinski definition) is 3. The standard InChI is InChI=1S/C14H26N2O3/c1-4-7-14(3,12(17)18)16-13(19)15-9-11-6-5-10(2)8-11/h10-11H,4-9H2,1-3H3,(H,17,18)(H2,15,16,19). The molecule has 0 aromatic rings. The molecule has 5 heteroatoms. The number of carbonyl (C=O) groups is 2. The zero-order chi connectivity index (χ0) is 14.5. The first-order valence-electron chi connectivity index (χ1n) is 7.16. The Labute approximate surface area is 115 Å². The lowest BCUT2D eigenvalue weighted by atomic mass is 9.96. The van der Waals surface area contributed by atoms with E-state index in [9.17, 15) is 14.7 Å². The fourth-order valence-corrected chi connectivity index (χ4v) is 2.77. The number of nitrogens with one attached hydrogen (secondary N) is 2. The molecule has 3 atom stereocenters. The first-order valence-corrected chi connectivity index (χ1v) is 7.16. The quantitative estimate of drug-likeness (QED) is 0.693. The molecule has 2 amide bonds. The highest BCUT2D eigenvalue weighted by atomic mass is 16.4. The second-order valence-electron chi connectivity index (χ2n) is 6.01. The number of carboxylic acids is 1. The van der Waals surface area contributed by atoms with Crippen LogP contribution in [0.5, 0.6) is 0 Å². The normalized spacial score (nSPS) is 25.6. The minimum absolute atomic E-state index is 0.377. The van der Waals surface area contributed by atoms with Crippen molar-refractivity contribution in [1.29, 1.82) is 0 Å². The predicted molar refractivity (Wildman–Crippen MR) is 74.0 cm³/mol. The summed E-state index contributed by atoms with van der Waals surface area (Å²) in [5, 5.41) is 14.6. The Bertz CT molecular complexity index is 333. The van der Waals surface area contributed by atoms with Gasteiger partial charge in [0.2, 0.25) is 0 Å². The van der Waals surface area contributed by atoms with Crippen molar-refractivity contribution in [1.82, 2.24) is 10.6 Å². The third-order valence-electron chi connectivity index (χ3n) is 3.97. The van der Waals surface area contributed by atoms with Crippen LogP contribution in [0, 0.1) is 11.8 Å². The number of amides is 2. The molecule has 1 rings (SSSR count). The van der Waals surface area contributed by atoms with Crippen LogP contribution in [0.2, 0.25) is 0 Å². The first-order chi connectivity index (χ1) is 8.87. The summed E-state index contributed by atoms with van der Waals surface area (Å²) < 4.78 is 0. The van der Waals surface area contributed by atoms with Crippen LogP contribution in [-0.2, 0) is 4.79 Å². The fourth-order valence-electron chi connectivity index (χ4n) is 2.77. The van der Waals surface area contributed by atoms with Crippen molar-refractivity contribution in [3.63, 3.8) is 0 Å². The summed E-state index contributed by atoms with van der Waals surface area (Å²) >= 11 is 0. The lowest BCUT2D eigenvalue weighted by Gasteiger charge is -2.26. The molecule has 1 aliphatic rings. The smallest absolute Gasteiger partial charge is 0.329 e. The van der Waals surface area contributed by atoms with Crippen molar-refractivity contribution in [3.8, 4) is 0 Å². The average Bonchev–Trinajstić information content (AvgIpc) is 2.72. The molecule has 19 heavy (non-hydrogen) atoms. The highest BCUT2D eigenvalue weighted by Crippen LogP contribution is 2.29. The van der Waals surface area contributed by atoms with Crippen LogP contribution < -0.4 is 10.6 Å². The molecular formula is C14H26N2O3. The van der Waals surface area contributed by atoms with Gasteiger partial charge in [-0.1, -0.05) is 26.7 Å². The molecule has 0 aliphatic heterocycles. The number of hydrogen-bond acceptors (Lipinski definition) is 2. The number of carboxylic acid groups (broad SMARTS) is 1. The van der Waals surface area contributed by atoms with Gasteiger partial charge in [-0.15, -0.1) is 0 Å². The van der Waals surface area contributed by atoms with Crippen LogP contribution in [0.1, 0.15) is 52.9 Å². The summed E-state index contributed by atoms with van der Waals surface area (Å²) in [5.41, 5.74) is -1.18. The summed E-state index contributed by atoms with van der Waals surface area (Å²) in [5.74, 6) is 0.279. The van der Waals surface area contributed by atoms with Crippen molar-refractivity contribution in [3.05, 3.63) is 0 Å². The molecule has 3 unspecified atom stereocenters. The molecule has 0 aromatic heterocycles. The Morgan fingerprint density at radius 2 is 2.05 bits per heavy atom. The van der Waals surface area contributed by atoms with Crippen LogP contribution in [0.25, 0.3) is 0 Å². The van der Waals surface area contributed by atoms with Gasteiger partial charge in [-0.2, -0.15) is 0 Å². The molecule has 5 nitrogen and oxygen atoms in total. The van der Waals surface area contributed by atoms with Crippen LogP contribution in [-0.4, -0.2) is 29.2 Å². The van der Waals surface area contributed by atoms with E-state index in [4.69, 9.17) is 0 Å². The Morgan fingerprint density at radius 3 is 2.53 bits per heavy atom. The van der Waals surface area contributed by atoms with E-state index in [0.29, 0.717) is 25.3 Å². The molecule has 1 fully saturated rings. The lowest BCUT2D eigenvalue weighted by Crippen LogP contribution is -2.55. The maximum Gasteiger partial charge on any atom is 0.329 e. The van der Waals surface area contributed by atoms with Crippen LogP contribution in [0.3, 0.4) is 0 Å². The SMILES string of the molecule is CCCC(C)(NC(=O)NCC1CCC(C)C1)C(=O)O. The van der Waals surface area contributed by atoms with E-state index >= 15 is 0 Å². The van der Waals surface area contributed by atoms with Gasteiger partial charge in [-0.05, 0) is 38.0 Å². The predicted octanol–water partition coefficient (Wildman–Crippen LogP) is 2.37. The number of rotatable bonds is 6. The van der Waals surface area contributed by atoms with Gasteiger partial charge in [0.05, 0.1) is 0 Å². The van der Waals surface area contributed by atoms with Crippen molar-refractivity contribution in [2.75, 3.05) is 6.54 Å². The van der Waals surface area contributed by atoms with E-state index in [0.717, 1.165) is 18.8 Å². The van der Waals surface area contributed by atoms with Gasteiger partial charge in [0, 0.05) is 6.54 Å². The van der Waals surface area contributed by atoms with Crippen molar-refractivity contribution >= 4 is 12.0 Å². The second-order valence-corrected chi connectivity index (χ2v) is 6.01. The summed E-state index contributed by atoms with van der Waals surface area (Å²) in [7, 11) is 0. The lowest BCUT2D eigenvalue weighted by molar-refractivity contribution is -0.144. The highest BCUT2D eigenvalue weighted by molar-refractivity contribution is 5.85. The molecule has 1 aliphatic carbocycles. The van der Waals surface area contributed by atoms with E-state index in [1.54, 1.807) is 6.92 Å². The van der Waals surface area contributed by atoms with Gasteiger partial charge in [-0.3, -0.25) is 0 Å². The second kappa shape index (κ2) is 6.78. The Morgan fingerprint density at radius 1 is 1.37 bits per heavy atom. The maximum atomic E-state index is 11.8. The molecule has 0 radical (unpaired) electrons. The zero-order valence-corrected chi connectivity index (χ0v) is 12.2. The summed E-state index contributed by atoms with van der Waals surface area (Å²) in [6.07, 6.45) is 4.65. The topological polar surface area (TPSA) is 78.4 Å². The third-order valence-corrected chi connectivity index (χ3v) is 3.97. The van der Waals surface area contributed by atoms with Gasteiger partial charge >= 0.3 is 12.0 Å². The van der Waals surface area contributed by atoms with Gasteiger partial charge in [0.1, 0.15) is 5.54 Å². The molecule has 0 spiro atoms. The summed E-state index contributed by atoms with van der Waals surface area (Å²) in [6.45, 7) is 6.32. The highest BCUT2D eigenvalue weighted by Gasteiger charge is 2.34. The van der Waals surface area contributed by atoms with Gasteiger partial charge in [-0.25, -0.2) is 9.59 Å². The van der Waals surface area contributed by atoms with Crippen LogP contribution >= 0.6 is 0 Å². The molecule has 1 saturated carbocycles. The molecular weight excluding hydrogens is 244 g/mol. The van der Waals surface area contributed by atoms with Crippen LogP contribution in [0.4, 0.5) is 4.79 Å². The molecule has 0 heterocycles.